The Morgan fingerprint density at radius 1 is 0.971 bits per heavy atom. The fourth-order valence-corrected chi connectivity index (χ4v) is 3.98. The van der Waals surface area contributed by atoms with Crippen LogP contribution in [0.4, 0.5) is 5.69 Å². The summed E-state index contributed by atoms with van der Waals surface area (Å²) in [6.45, 7) is 2.79. The number of carbonyl (C=O) groups is 2. The Bertz CT molecular complexity index is 1390. The SMILES string of the molecule is Cc1cccc(CN2C(=O)C(=Cc3ccc(C(=O)NCc4ccco4)cc3)Oc3ccccc32)c1. The Morgan fingerprint density at radius 3 is 2.57 bits per heavy atom. The van der Waals surface area contributed by atoms with Crippen molar-refractivity contribution in [1.29, 1.82) is 0 Å². The minimum absolute atomic E-state index is 0.205. The zero-order valence-corrected chi connectivity index (χ0v) is 19.2. The number of para-hydroxylation sites is 2. The van der Waals surface area contributed by atoms with Gasteiger partial charge in [0.15, 0.2) is 11.5 Å². The van der Waals surface area contributed by atoms with E-state index in [2.05, 4.69) is 11.4 Å². The maximum atomic E-state index is 13.4. The minimum atomic E-state index is -0.217. The van der Waals surface area contributed by atoms with Crippen LogP contribution in [0.25, 0.3) is 6.08 Å². The van der Waals surface area contributed by atoms with Gasteiger partial charge in [0.1, 0.15) is 5.76 Å². The first kappa shape index (κ1) is 22.2. The number of furan rings is 1. The Balaban J connectivity index is 1.36. The fraction of sp³-hybridized carbons (Fsp3) is 0.103. The predicted octanol–water partition coefficient (Wildman–Crippen LogP) is 5.48. The van der Waals surface area contributed by atoms with Crippen LogP contribution in [0.5, 0.6) is 5.75 Å². The summed E-state index contributed by atoms with van der Waals surface area (Å²) >= 11 is 0. The highest BCUT2D eigenvalue weighted by Gasteiger charge is 2.30. The van der Waals surface area contributed by atoms with Gasteiger partial charge in [-0.3, -0.25) is 14.5 Å². The lowest BCUT2D eigenvalue weighted by Crippen LogP contribution is -2.36. The second-order valence-corrected chi connectivity index (χ2v) is 8.34. The van der Waals surface area contributed by atoms with Crippen LogP contribution in [-0.2, 0) is 17.9 Å². The van der Waals surface area contributed by atoms with E-state index < -0.39 is 0 Å². The van der Waals surface area contributed by atoms with Gasteiger partial charge in [-0.2, -0.15) is 0 Å². The first-order valence-corrected chi connectivity index (χ1v) is 11.3. The summed E-state index contributed by atoms with van der Waals surface area (Å²) in [5.41, 5.74) is 4.19. The molecule has 174 valence electrons. The Hall–Kier alpha value is -4.58. The van der Waals surface area contributed by atoms with Gasteiger partial charge in [-0.05, 0) is 60.5 Å². The third-order valence-corrected chi connectivity index (χ3v) is 5.73. The average molecular weight is 465 g/mol. The van der Waals surface area contributed by atoms with Crippen molar-refractivity contribution in [2.45, 2.75) is 20.0 Å². The van der Waals surface area contributed by atoms with Crippen molar-refractivity contribution >= 4 is 23.6 Å². The van der Waals surface area contributed by atoms with E-state index in [0.717, 1.165) is 22.4 Å². The highest BCUT2D eigenvalue weighted by Crippen LogP contribution is 2.36. The predicted molar refractivity (Wildman–Crippen MR) is 134 cm³/mol. The summed E-state index contributed by atoms with van der Waals surface area (Å²) in [5.74, 6) is 1.11. The number of nitrogens with zero attached hydrogens (tertiary/aromatic N) is 1. The van der Waals surface area contributed by atoms with Gasteiger partial charge in [0, 0.05) is 5.56 Å². The standard InChI is InChI=1S/C29H24N2O4/c1-20-6-4-7-22(16-20)19-31-25-9-2-3-10-26(25)35-27(29(31)33)17-21-11-13-23(14-12-21)28(32)30-18-24-8-5-15-34-24/h2-17H,18-19H2,1H3,(H,30,32). The van der Waals surface area contributed by atoms with Gasteiger partial charge in [-0.1, -0.05) is 54.1 Å². The first-order chi connectivity index (χ1) is 17.1. The molecular weight excluding hydrogens is 440 g/mol. The van der Waals surface area contributed by atoms with Crippen molar-refractivity contribution in [2.75, 3.05) is 4.90 Å². The van der Waals surface area contributed by atoms with Crippen LogP contribution in [0.2, 0.25) is 0 Å². The second kappa shape index (κ2) is 9.73. The number of hydrogen-bond acceptors (Lipinski definition) is 4. The van der Waals surface area contributed by atoms with E-state index in [1.807, 2.05) is 49.4 Å². The third-order valence-electron chi connectivity index (χ3n) is 5.73. The number of ether oxygens (including phenoxy) is 1. The molecule has 6 nitrogen and oxygen atoms in total. The van der Waals surface area contributed by atoms with Gasteiger partial charge in [-0.25, -0.2) is 0 Å². The molecule has 1 aliphatic heterocycles. The van der Waals surface area contributed by atoms with Crippen LogP contribution >= 0.6 is 0 Å². The fourth-order valence-electron chi connectivity index (χ4n) is 3.98. The van der Waals surface area contributed by atoms with E-state index in [1.165, 1.54) is 0 Å². The summed E-state index contributed by atoms with van der Waals surface area (Å²) in [6.07, 6.45) is 3.27. The number of fused-ring (bicyclic) bond motifs is 1. The number of carbonyl (C=O) groups excluding carboxylic acids is 2. The summed E-state index contributed by atoms with van der Waals surface area (Å²) in [7, 11) is 0. The zero-order valence-electron chi connectivity index (χ0n) is 19.2. The molecule has 0 bridgehead atoms. The number of benzene rings is 3. The molecule has 1 aromatic heterocycles. The molecule has 0 radical (unpaired) electrons. The monoisotopic (exact) mass is 464 g/mol. The van der Waals surface area contributed by atoms with E-state index in [9.17, 15) is 9.59 Å². The Kier molecular flexibility index (Phi) is 6.18. The van der Waals surface area contributed by atoms with E-state index in [0.29, 0.717) is 30.2 Å². The van der Waals surface area contributed by atoms with Crippen LogP contribution in [-0.4, -0.2) is 11.8 Å². The first-order valence-electron chi connectivity index (χ1n) is 11.3. The van der Waals surface area contributed by atoms with Crippen LogP contribution in [0, 0.1) is 6.92 Å². The molecule has 0 spiro atoms. The molecule has 2 amide bonds. The molecule has 0 aliphatic carbocycles. The normalized spacial score (nSPS) is 13.9. The lowest BCUT2D eigenvalue weighted by atomic mass is 10.1. The average Bonchev–Trinajstić information content (AvgIpc) is 3.39. The molecule has 1 N–H and O–H groups in total. The van der Waals surface area contributed by atoms with E-state index in [-0.39, 0.29) is 17.6 Å². The van der Waals surface area contributed by atoms with E-state index in [4.69, 9.17) is 9.15 Å². The molecule has 3 aromatic carbocycles. The topological polar surface area (TPSA) is 71.8 Å². The smallest absolute Gasteiger partial charge is 0.294 e. The number of rotatable bonds is 6. The molecule has 0 fully saturated rings. The highest BCUT2D eigenvalue weighted by atomic mass is 16.5. The van der Waals surface area contributed by atoms with Crippen LogP contribution < -0.4 is 15.0 Å². The molecule has 35 heavy (non-hydrogen) atoms. The zero-order chi connectivity index (χ0) is 24.2. The van der Waals surface area contributed by atoms with Gasteiger partial charge < -0.3 is 14.5 Å². The number of amides is 2. The van der Waals surface area contributed by atoms with Gasteiger partial charge >= 0.3 is 0 Å². The van der Waals surface area contributed by atoms with Crippen LogP contribution in [0.3, 0.4) is 0 Å². The molecule has 0 saturated carbocycles. The summed E-state index contributed by atoms with van der Waals surface area (Å²) in [5, 5.41) is 2.82. The van der Waals surface area contributed by atoms with Crippen molar-refractivity contribution in [2.24, 2.45) is 0 Å². The van der Waals surface area contributed by atoms with Gasteiger partial charge in [-0.15, -0.1) is 0 Å². The largest absolute Gasteiger partial charge is 0.467 e. The summed E-state index contributed by atoms with van der Waals surface area (Å²) in [4.78, 5) is 27.6. The maximum absolute atomic E-state index is 13.4. The molecule has 2 heterocycles. The molecule has 4 aromatic rings. The molecule has 0 atom stereocenters. The number of nitrogens with one attached hydrogen (secondary N) is 1. The van der Waals surface area contributed by atoms with Crippen molar-refractivity contribution in [3.05, 3.63) is 125 Å². The van der Waals surface area contributed by atoms with Crippen molar-refractivity contribution in [3.8, 4) is 5.75 Å². The van der Waals surface area contributed by atoms with E-state index >= 15 is 0 Å². The van der Waals surface area contributed by atoms with Crippen molar-refractivity contribution in [1.82, 2.24) is 5.32 Å². The lowest BCUT2D eigenvalue weighted by molar-refractivity contribution is -0.117. The highest BCUT2D eigenvalue weighted by molar-refractivity contribution is 6.09. The molecule has 6 heteroatoms. The molecule has 5 rings (SSSR count). The molecule has 1 aliphatic rings. The van der Waals surface area contributed by atoms with Crippen LogP contribution in [0.1, 0.15) is 32.8 Å². The van der Waals surface area contributed by atoms with Crippen LogP contribution in [0.15, 0.2) is 101 Å². The molecule has 0 saturated heterocycles. The van der Waals surface area contributed by atoms with Crippen molar-refractivity contribution in [3.63, 3.8) is 0 Å². The maximum Gasteiger partial charge on any atom is 0.294 e. The molecule has 0 unspecified atom stereocenters. The summed E-state index contributed by atoms with van der Waals surface area (Å²) in [6, 6.07) is 26.2. The number of aryl methyl sites for hydroxylation is 1. The summed E-state index contributed by atoms with van der Waals surface area (Å²) < 4.78 is 11.2. The van der Waals surface area contributed by atoms with Gasteiger partial charge in [0.2, 0.25) is 0 Å². The third kappa shape index (κ3) is 5.01. The number of hydrogen-bond donors (Lipinski definition) is 1. The lowest BCUT2D eigenvalue weighted by Gasteiger charge is -2.30. The van der Waals surface area contributed by atoms with E-state index in [1.54, 1.807) is 53.6 Å². The molecular formula is C29H24N2O4. The van der Waals surface area contributed by atoms with Crippen molar-refractivity contribution < 1.29 is 18.7 Å². The Morgan fingerprint density at radius 2 is 1.80 bits per heavy atom. The minimum Gasteiger partial charge on any atom is -0.467 e. The van der Waals surface area contributed by atoms with Gasteiger partial charge in [0.25, 0.3) is 11.8 Å². The Labute approximate surface area is 203 Å². The number of anilines is 1. The second-order valence-electron chi connectivity index (χ2n) is 8.34. The van der Waals surface area contributed by atoms with Gasteiger partial charge in [0.05, 0.1) is 25.0 Å². The quantitative estimate of drug-likeness (QED) is 0.383.